The average molecular weight is 289 g/mol. The van der Waals surface area contributed by atoms with Crippen molar-refractivity contribution in [1.82, 2.24) is 0 Å². The molecule has 0 radical (unpaired) electrons. The minimum Gasteiger partial charge on any atom is -0.506 e. The van der Waals surface area contributed by atoms with Crippen LogP contribution in [-0.4, -0.2) is 22.4 Å². The van der Waals surface area contributed by atoms with Gasteiger partial charge < -0.3 is 5.11 Å². The molecule has 1 aromatic carbocycles. The molecule has 1 N–H and O–H groups in total. The maximum Gasteiger partial charge on any atom is 0.143 e. The summed E-state index contributed by atoms with van der Waals surface area (Å²) in [7, 11) is 0. The number of thioether (sulfide) groups is 3. The minimum atomic E-state index is 0.474. The molecule has 1 rings (SSSR count). The SMILES string of the molecule is CCSc1cc(SCC)c(O)c(SCC)c1C. The van der Waals surface area contributed by atoms with Gasteiger partial charge in [-0.15, -0.1) is 35.3 Å². The second kappa shape index (κ2) is 7.49. The van der Waals surface area contributed by atoms with Gasteiger partial charge in [-0.3, -0.25) is 0 Å². The van der Waals surface area contributed by atoms with Crippen LogP contribution in [0, 0.1) is 6.92 Å². The van der Waals surface area contributed by atoms with Crippen LogP contribution in [0.5, 0.6) is 5.75 Å². The first-order chi connectivity index (χ1) is 8.15. The fraction of sp³-hybridized carbons (Fsp3) is 0.538. The van der Waals surface area contributed by atoms with Crippen LogP contribution < -0.4 is 0 Å². The van der Waals surface area contributed by atoms with Gasteiger partial charge in [0.15, 0.2) is 0 Å². The number of aromatic hydroxyl groups is 1. The van der Waals surface area contributed by atoms with Gasteiger partial charge in [0.05, 0.1) is 9.79 Å². The van der Waals surface area contributed by atoms with E-state index in [0.29, 0.717) is 5.75 Å². The molecule has 4 heteroatoms. The Hall–Kier alpha value is 0.0700. The van der Waals surface area contributed by atoms with E-state index >= 15 is 0 Å². The molecule has 0 spiro atoms. The summed E-state index contributed by atoms with van der Waals surface area (Å²) in [5, 5.41) is 10.3. The van der Waals surface area contributed by atoms with Gasteiger partial charge >= 0.3 is 0 Å². The summed E-state index contributed by atoms with van der Waals surface area (Å²) in [5.41, 5.74) is 1.22. The van der Waals surface area contributed by atoms with E-state index in [4.69, 9.17) is 0 Å². The van der Waals surface area contributed by atoms with E-state index in [0.717, 1.165) is 27.0 Å². The quantitative estimate of drug-likeness (QED) is 0.740. The minimum absolute atomic E-state index is 0.474. The highest BCUT2D eigenvalue weighted by Crippen LogP contribution is 2.43. The number of rotatable bonds is 6. The number of phenols is 1. The van der Waals surface area contributed by atoms with Crippen LogP contribution in [-0.2, 0) is 0 Å². The Balaban J connectivity index is 3.24. The van der Waals surface area contributed by atoms with Crippen molar-refractivity contribution in [2.24, 2.45) is 0 Å². The number of phenolic OH excluding ortho intramolecular Hbond substituents is 1. The number of hydrogen-bond acceptors (Lipinski definition) is 4. The van der Waals surface area contributed by atoms with Crippen molar-refractivity contribution in [1.29, 1.82) is 0 Å². The van der Waals surface area contributed by atoms with E-state index in [-0.39, 0.29) is 0 Å². The van der Waals surface area contributed by atoms with E-state index in [1.165, 1.54) is 10.5 Å². The lowest BCUT2D eigenvalue weighted by Gasteiger charge is -2.15. The molecule has 0 amide bonds. The van der Waals surface area contributed by atoms with Crippen LogP contribution in [0.4, 0.5) is 0 Å². The first kappa shape index (κ1) is 15.1. The first-order valence-corrected chi connectivity index (χ1v) is 8.86. The maximum atomic E-state index is 10.3. The summed E-state index contributed by atoms with van der Waals surface area (Å²) in [6, 6.07) is 2.13. The highest BCUT2D eigenvalue weighted by atomic mass is 32.2. The lowest BCUT2D eigenvalue weighted by molar-refractivity contribution is 0.447. The largest absolute Gasteiger partial charge is 0.506 e. The predicted octanol–water partition coefficient (Wildman–Crippen LogP) is 5.04. The molecule has 0 bridgehead atoms. The second-order valence-electron chi connectivity index (χ2n) is 3.47. The van der Waals surface area contributed by atoms with Crippen LogP contribution >= 0.6 is 35.3 Å². The van der Waals surface area contributed by atoms with Gasteiger partial charge in [0.1, 0.15) is 5.75 Å². The highest BCUT2D eigenvalue weighted by molar-refractivity contribution is 8.01. The molecule has 0 aliphatic rings. The Morgan fingerprint density at radius 3 is 2.00 bits per heavy atom. The Bertz CT molecular complexity index is 347. The molecule has 1 nitrogen and oxygen atoms in total. The van der Waals surface area contributed by atoms with Crippen molar-refractivity contribution < 1.29 is 5.11 Å². The van der Waals surface area contributed by atoms with Gasteiger partial charge in [0, 0.05) is 4.90 Å². The van der Waals surface area contributed by atoms with Crippen LogP contribution in [0.2, 0.25) is 0 Å². The summed E-state index contributed by atoms with van der Waals surface area (Å²) < 4.78 is 0. The predicted molar refractivity (Wildman–Crippen MR) is 82.0 cm³/mol. The summed E-state index contributed by atoms with van der Waals surface area (Å²) in [4.78, 5) is 3.38. The summed E-state index contributed by atoms with van der Waals surface area (Å²) in [6.45, 7) is 8.51. The lowest BCUT2D eigenvalue weighted by Crippen LogP contribution is -1.90. The van der Waals surface area contributed by atoms with Gasteiger partial charge in [-0.25, -0.2) is 0 Å². The van der Waals surface area contributed by atoms with E-state index in [1.807, 2.05) is 11.8 Å². The monoisotopic (exact) mass is 288 g/mol. The van der Waals surface area contributed by atoms with Crippen LogP contribution in [0.15, 0.2) is 20.8 Å². The van der Waals surface area contributed by atoms with Crippen molar-refractivity contribution in [2.75, 3.05) is 17.3 Å². The molecular formula is C13H20OS3. The zero-order valence-corrected chi connectivity index (χ0v) is 13.3. The van der Waals surface area contributed by atoms with Crippen molar-refractivity contribution in [3.05, 3.63) is 11.6 Å². The van der Waals surface area contributed by atoms with Crippen molar-refractivity contribution >= 4 is 35.3 Å². The van der Waals surface area contributed by atoms with Gasteiger partial charge in [-0.2, -0.15) is 0 Å². The molecule has 0 heterocycles. The molecule has 0 aliphatic carbocycles. The maximum absolute atomic E-state index is 10.3. The summed E-state index contributed by atoms with van der Waals surface area (Å²) >= 11 is 5.30. The molecule has 0 fully saturated rings. The standard InChI is InChI=1S/C13H20OS3/c1-5-15-10-8-11(16-6-2)12(14)13(9(10)4)17-7-3/h8,14H,5-7H2,1-4H3. The molecule has 1 aromatic rings. The molecule has 96 valence electrons. The van der Waals surface area contributed by atoms with Gasteiger partial charge in [-0.05, 0) is 35.8 Å². The van der Waals surface area contributed by atoms with Crippen molar-refractivity contribution in [3.63, 3.8) is 0 Å². The third-order valence-electron chi connectivity index (χ3n) is 2.31. The third kappa shape index (κ3) is 3.76. The molecule has 0 atom stereocenters. The molecular weight excluding hydrogens is 268 g/mol. The van der Waals surface area contributed by atoms with Gasteiger partial charge in [0.2, 0.25) is 0 Å². The average Bonchev–Trinajstić information content (AvgIpc) is 2.31. The van der Waals surface area contributed by atoms with E-state index in [1.54, 1.807) is 23.5 Å². The Kier molecular flexibility index (Phi) is 6.67. The van der Waals surface area contributed by atoms with Crippen LogP contribution in [0.25, 0.3) is 0 Å². The highest BCUT2D eigenvalue weighted by Gasteiger charge is 2.15. The molecule has 0 saturated carbocycles. The number of hydrogen-bond donors (Lipinski definition) is 1. The summed E-state index contributed by atoms with van der Waals surface area (Å²) in [5.74, 6) is 3.52. The van der Waals surface area contributed by atoms with E-state index in [2.05, 4.69) is 33.8 Å². The Morgan fingerprint density at radius 1 is 0.941 bits per heavy atom. The Morgan fingerprint density at radius 2 is 1.47 bits per heavy atom. The molecule has 0 aromatic heterocycles. The fourth-order valence-corrected chi connectivity index (χ4v) is 4.24. The zero-order valence-electron chi connectivity index (χ0n) is 10.9. The molecule has 0 unspecified atom stereocenters. The summed E-state index contributed by atoms with van der Waals surface area (Å²) in [6.07, 6.45) is 0. The molecule has 0 saturated heterocycles. The first-order valence-electron chi connectivity index (χ1n) is 5.90. The molecule has 17 heavy (non-hydrogen) atoms. The van der Waals surface area contributed by atoms with E-state index < -0.39 is 0 Å². The van der Waals surface area contributed by atoms with E-state index in [9.17, 15) is 5.11 Å². The van der Waals surface area contributed by atoms with Gasteiger partial charge in [-0.1, -0.05) is 20.8 Å². The smallest absolute Gasteiger partial charge is 0.143 e. The molecule has 0 aliphatic heterocycles. The van der Waals surface area contributed by atoms with Gasteiger partial charge in [0.25, 0.3) is 0 Å². The lowest BCUT2D eigenvalue weighted by atomic mass is 10.2. The second-order valence-corrected chi connectivity index (χ2v) is 7.36. The third-order valence-corrected chi connectivity index (χ3v) is 5.32. The normalized spacial score (nSPS) is 10.8. The number of benzene rings is 1. The fourth-order valence-electron chi connectivity index (χ4n) is 1.59. The van der Waals surface area contributed by atoms with Crippen LogP contribution in [0.1, 0.15) is 26.3 Å². The zero-order chi connectivity index (χ0) is 12.8. The van der Waals surface area contributed by atoms with Crippen LogP contribution in [0.3, 0.4) is 0 Å². The topological polar surface area (TPSA) is 20.2 Å². The Labute approximate surface area is 117 Å². The van der Waals surface area contributed by atoms with Crippen molar-refractivity contribution in [2.45, 2.75) is 42.4 Å². The van der Waals surface area contributed by atoms with Crippen molar-refractivity contribution in [3.8, 4) is 5.75 Å².